The summed E-state index contributed by atoms with van der Waals surface area (Å²) in [6, 6.07) is 10.7. The molecule has 0 spiro atoms. The molecule has 26 heavy (non-hydrogen) atoms. The highest BCUT2D eigenvalue weighted by Gasteiger charge is 2.20. The Kier molecular flexibility index (Phi) is 4.84. The molecule has 0 saturated carbocycles. The molecule has 0 amide bonds. The Morgan fingerprint density at radius 1 is 1.15 bits per heavy atom. The van der Waals surface area contributed by atoms with E-state index in [0.717, 1.165) is 45.4 Å². The average Bonchev–Trinajstić information content (AvgIpc) is 3.06. The van der Waals surface area contributed by atoms with Crippen molar-refractivity contribution >= 4 is 11.0 Å². The second kappa shape index (κ2) is 7.41. The zero-order valence-electron chi connectivity index (χ0n) is 15.2. The Hall–Kier alpha value is -2.47. The smallest absolute Gasteiger partial charge is 0.281 e. The fraction of sp³-hybridized carbons (Fsp3) is 0.450. The molecule has 3 heterocycles. The van der Waals surface area contributed by atoms with E-state index in [1.807, 2.05) is 7.05 Å². The minimum absolute atomic E-state index is 0.0258. The minimum atomic E-state index is -0.0258. The number of hydrogen-bond acceptors (Lipinski definition) is 4. The molecule has 4 rings (SSSR count). The molecule has 0 aliphatic carbocycles. The highest BCUT2D eigenvalue weighted by Crippen LogP contribution is 2.19. The lowest BCUT2D eigenvalue weighted by molar-refractivity contribution is 0.174. The van der Waals surface area contributed by atoms with Crippen molar-refractivity contribution in [1.29, 1.82) is 0 Å². The van der Waals surface area contributed by atoms with E-state index in [1.54, 1.807) is 21.8 Å². The lowest BCUT2D eigenvalue weighted by atomic mass is 9.96. The van der Waals surface area contributed by atoms with E-state index in [0.29, 0.717) is 17.0 Å². The van der Waals surface area contributed by atoms with E-state index >= 15 is 0 Å². The second-order valence-electron chi connectivity index (χ2n) is 7.26. The molecular weight excluding hydrogens is 326 g/mol. The standard InChI is InChI=1S/C20H25N5O/c1-23-14-18-19(22-23)20(26)25(15-21-18)13-17-8-11-24(12-9-17)10-7-16-5-3-2-4-6-16/h2-6,14-15,17H,7-13H2,1H3. The van der Waals surface area contributed by atoms with E-state index in [4.69, 9.17) is 0 Å². The first-order valence-electron chi connectivity index (χ1n) is 9.34. The second-order valence-corrected chi connectivity index (χ2v) is 7.26. The van der Waals surface area contributed by atoms with Crippen LogP contribution in [0.25, 0.3) is 11.0 Å². The number of likely N-dealkylation sites (tertiary alicyclic amines) is 1. The summed E-state index contributed by atoms with van der Waals surface area (Å²) >= 11 is 0. The number of hydrogen-bond donors (Lipinski definition) is 0. The van der Waals surface area contributed by atoms with Gasteiger partial charge in [0.1, 0.15) is 5.52 Å². The SMILES string of the molecule is Cn1cc2ncn(CC3CCN(CCc4ccccc4)CC3)c(=O)c2n1. The van der Waals surface area contributed by atoms with Crippen molar-refractivity contribution in [3.05, 3.63) is 58.8 Å². The predicted molar refractivity (Wildman–Crippen MR) is 102 cm³/mol. The summed E-state index contributed by atoms with van der Waals surface area (Å²) in [6.07, 6.45) is 6.81. The first-order valence-corrected chi connectivity index (χ1v) is 9.34. The summed E-state index contributed by atoms with van der Waals surface area (Å²) in [4.78, 5) is 19.5. The molecule has 1 aliphatic rings. The van der Waals surface area contributed by atoms with Crippen molar-refractivity contribution in [2.24, 2.45) is 13.0 Å². The number of nitrogens with zero attached hydrogens (tertiary/aromatic N) is 5. The molecule has 6 heteroatoms. The fourth-order valence-electron chi connectivity index (χ4n) is 3.78. The number of aryl methyl sites for hydroxylation is 1. The van der Waals surface area contributed by atoms with Gasteiger partial charge < -0.3 is 4.90 Å². The van der Waals surface area contributed by atoms with Gasteiger partial charge in [-0.25, -0.2) is 4.98 Å². The molecule has 1 aromatic carbocycles. The van der Waals surface area contributed by atoms with Gasteiger partial charge in [0, 0.05) is 20.1 Å². The summed E-state index contributed by atoms with van der Waals surface area (Å²) in [5, 5.41) is 4.24. The van der Waals surface area contributed by atoms with Gasteiger partial charge in [0.2, 0.25) is 0 Å². The van der Waals surface area contributed by atoms with Crippen molar-refractivity contribution in [3.63, 3.8) is 0 Å². The third-order valence-corrected chi connectivity index (χ3v) is 5.33. The Balaban J connectivity index is 1.32. The van der Waals surface area contributed by atoms with Crippen molar-refractivity contribution in [2.45, 2.75) is 25.8 Å². The van der Waals surface area contributed by atoms with Crippen molar-refractivity contribution in [2.75, 3.05) is 19.6 Å². The predicted octanol–water partition coefficient (Wildman–Crippen LogP) is 2.08. The highest BCUT2D eigenvalue weighted by atomic mass is 16.1. The lowest BCUT2D eigenvalue weighted by Gasteiger charge is -2.32. The van der Waals surface area contributed by atoms with Gasteiger partial charge in [-0.1, -0.05) is 30.3 Å². The first-order chi connectivity index (χ1) is 12.7. The molecule has 0 atom stereocenters. The summed E-state index contributed by atoms with van der Waals surface area (Å²) in [5.74, 6) is 0.531. The Labute approximate surface area is 153 Å². The maximum Gasteiger partial charge on any atom is 0.281 e. The molecule has 6 nitrogen and oxygen atoms in total. The zero-order valence-corrected chi connectivity index (χ0v) is 15.2. The van der Waals surface area contributed by atoms with Crippen molar-refractivity contribution in [3.8, 4) is 0 Å². The van der Waals surface area contributed by atoms with E-state index in [1.165, 1.54) is 5.56 Å². The molecular formula is C20H25N5O. The van der Waals surface area contributed by atoms with Crippen molar-refractivity contribution < 1.29 is 0 Å². The molecule has 1 saturated heterocycles. The molecule has 1 fully saturated rings. The number of piperidine rings is 1. The van der Waals surface area contributed by atoms with Gasteiger partial charge >= 0.3 is 0 Å². The van der Waals surface area contributed by atoms with Crippen LogP contribution in [0.1, 0.15) is 18.4 Å². The van der Waals surface area contributed by atoms with Crippen LogP contribution in [0.15, 0.2) is 47.7 Å². The number of rotatable bonds is 5. The number of fused-ring (bicyclic) bond motifs is 1. The Bertz CT molecular complexity index is 922. The molecule has 0 N–H and O–H groups in total. The van der Waals surface area contributed by atoms with Crippen LogP contribution in [0.2, 0.25) is 0 Å². The zero-order chi connectivity index (χ0) is 17.9. The summed E-state index contributed by atoms with van der Waals surface area (Å²) < 4.78 is 3.38. The van der Waals surface area contributed by atoms with Crippen molar-refractivity contribution in [1.82, 2.24) is 24.2 Å². The monoisotopic (exact) mass is 351 g/mol. The third-order valence-electron chi connectivity index (χ3n) is 5.33. The summed E-state index contributed by atoms with van der Waals surface area (Å²) in [6.45, 7) is 4.06. The lowest BCUT2D eigenvalue weighted by Crippen LogP contribution is -2.37. The maximum atomic E-state index is 12.6. The largest absolute Gasteiger partial charge is 0.303 e. The molecule has 0 unspecified atom stereocenters. The van der Waals surface area contributed by atoms with E-state index < -0.39 is 0 Å². The van der Waals surface area contributed by atoms with Gasteiger partial charge in [-0.15, -0.1) is 0 Å². The Morgan fingerprint density at radius 2 is 1.92 bits per heavy atom. The van der Waals surface area contributed by atoms with Gasteiger partial charge in [-0.3, -0.25) is 14.0 Å². The van der Waals surface area contributed by atoms with Crippen LogP contribution in [0.5, 0.6) is 0 Å². The third kappa shape index (κ3) is 3.70. The first kappa shape index (κ1) is 17.0. The van der Waals surface area contributed by atoms with Crippen LogP contribution in [0.3, 0.4) is 0 Å². The van der Waals surface area contributed by atoms with Gasteiger partial charge in [0.05, 0.1) is 12.5 Å². The fourth-order valence-corrected chi connectivity index (χ4v) is 3.78. The van der Waals surface area contributed by atoms with Gasteiger partial charge in [0.15, 0.2) is 5.52 Å². The Morgan fingerprint density at radius 3 is 2.69 bits per heavy atom. The number of benzene rings is 1. The van der Waals surface area contributed by atoms with Gasteiger partial charge in [0.25, 0.3) is 5.56 Å². The summed E-state index contributed by atoms with van der Waals surface area (Å²) in [7, 11) is 1.82. The van der Waals surface area contributed by atoms with E-state index in [-0.39, 0.29) is 5.56 Å². The van der Waals surface area contributed by atoms with E-state index in [2.05, 4.69) is 45.3 Å². The van der Waals surface area contributed by atoms with Crippen LogP contribution in [-0.2, 0) is 20.0 Å². The highest BCUT2D eigenvalue weighted by molar-refractivity contribution is 5.71. The molecule has 0 bridgehead atoms. The van der Waals surface area contributed by atoms with Gasteiger partial charge in [-0.05, 0) is 43.8 Å². The maximum absolute atomic E-state index is 12.6. The van der Waals surface area contributed by atoms with Crippen LogP contribution >= 0.6 is 0 Å². The van der Waals surface area contributed by atoms with Crippen LogP contribution in [0.4, 0.5) is 0 Å². The van der Waals surface area contributed by atoms with Gasteiger partial charge in [-0.2, -0.15) is 5.10 Å². The van der Waals surface area contributed by atoms with Crippen LogP contribution in [-0.4, -0.2) is 43.9 Å². The molecule has 0 radical (unpaired) electrons. The minimum Gasteiger partial charge on any atom is -0.303 e. The normalized spacial score (nSPS) is 16.3. The van der Waals surface area contributed by atoms with E-state index in [9.17, 15) is 4.79 Å². The molecule has 2 aromatic heterocycles. The summed E-state index contributed by atoms with van der Waals surface area (Å²) in [5.41, 5.74) is 2.51. The molecule has 3 aromatic rings. The molecule has 1 aliphatic heterocycles. The quantitative estimate of drug-likeness (QED) is 0.706. The number of aromatic nitrogens is 4. The average molecular weight is 351 g/mol. The van der Waals surface area contributed by atoms with Crippen LogP contribution < -0.4 is 5.56 Å². The topological polar surface area (TPSA) is 56.0 Å². The van der Waals surface area contributed by atoms with Crippen LogP contribution in [0, 0.1) is 5.92 Å². The molecule has 136 valence electrons.